The second kappa shape index (κ2) is 8.59. The Morgan fingerprint density at radius 1 is 1.28 bits per heavy atom. The number of carbonyl (C=O) groups is 1. The van der Waals surface area contributed by atoms with Crippen LogP contribution in [0.2, 0.25) is 0 Å². The Labute approximate surface area is 170 Å². The highest BCUT2D eigenvalue weighted by Gasteiger charge is 2.33. The van der Waals surface area contributed by atoms with Crippen molar-refractivity contribution >= 4 is 17.4 Å². The number of nitrogens with zero attached hydrogens (tertiary/aromatic N) is 2. The van der Waals surface area contributed by atoms with Crippen LogP contribution in [0.4, 0.5) is 20.6 Å². The predicted molar refractivity (Wildman–Crippen MR) is 112 cm³/mol. The fraction of sp³-hybridized carbons (Fsp3) is 0.409. The molecule has 2 amide bonds. The molecule has 3 rings (SSSR count). The summed E-state index contributed by atoms with van der Waals surface area (Å²) in [5, 5.41) is 12.6. The Balaban J connectivity index is 1.73. The molecule has 0 saturated heterocycles. The highest BCUT2D eigenvalue weighted by Crippen LogP contribution is 2.32. The van der Waals surface area contributed by atoms with Crippen LogP contribution in [0, 0.1) is 5.82 Å². The Hall–Kier alpha value is -2.96. The molecule has 0 unspecified atom stereocenters. The highest BCUT2D eigenvalue weighted by molar-refractivity contribution is 5.90. The van der Waals surface area contributed by atoms with Gasteiger partial charge >= 0.3 is 6.03 Å². The van der Waals surface area contributed by atoms with Crippen LogP contribution in [0.1, 0.15) is 32.3 Å². The van der Waals surface area contributed by atoms with Crippen molar-refractivity contribution in [1.82, 2.24) is 4.90 Å². The van der Waals surface area contributed by atoms with Crippen LogP contribution in [0.25, 0.3) is 0 Å². The molecular formula is C22H28FN3O3. The molecule has 2 N–H and O–H groups in total. The number of rotatable bonds is 7. The fourth-order valence-electron chi connectivity index (χ4n) is 3.11. The number of ether oxygens (including phenoxy) is 1. The van der Waals surface area contributed by atoms with Crippen molar-refractivity contribution in [2.75, 3.05) is 24.4 Å². The molecule has 0 bridgehead atoms. The summed E-state index contributed by atoms with van der Waals surface area (Å²) in [5.41, 5.74) is 1.76. The molecule has 0 atom stereocenters. The van der Waals surface area contributed by atoms with Crippen molar-refractivity contribution < 1.29 is 19.0 Å². The normalized spacial score (nSPS) is 13.3. The Kier molecular flexibility index (Phi) is 6.15. The van der Waals surface area contributed by atoms with Gasteiger partial charge in [-0.3, -0.25) is 0 Å². The van der Waals surface area contributed by atoms with Gasteiger partial charge in [0.2, 0.25) is 0 Å². The van der Waals surface area contributed by atoms with Gasteiger partial charge in [0.25, 0.3) is 0 Å². The third-order valence-electron chi connectivity index (χ3n) is 5.20. The Bertz CT molecular complexity index is 884. The zero-order valence-corrected chi connectivity index (χ0v) is 17.3. The summed E-state index contributed by atoms with van der Waals surface area (Å²) in [4.78, 5) is 16.4. The van der Waals surface area contributed by atoms with E-state index in [2.05, 4.69) is 5.32 Å². The summed E-state index contributed by atoms with van der Waals surface area (Å²) in [6.45, 7) is 4.35. The number of benzene rings is 2. The van der Waals surface area contributed by atoms with Gasteiger partial charge < -0.3 is 25.0 Å². The molecule has 2 aromatic rings. The van der Waals surface area contributed by atoms with E-state index in [0.29, 0.717) is 23.7 Å². The van der Waals surface area contributed by atoms with E-state index in [1.54, 1.807) is 35.2 Å². The number of anilines is 2. The van der Waals surface area contributed by atoms with Crippen LogP contribution >= 0.6 is 0 Å². The first-order valence-corrected chi connectivity index (χ1v) is 9.76. The van der Waals surface area contributed by atoms with E-state index in [0.717, 1.165) is 18.4 Å². The molecule has 2 aromatic carbocycles. The van der Waals surface area contributed by atoms with Crippen molar-refractivity contribution in [3.63, 3.8) is 0 Å². The molecule has 29 heavy (non-hydrogen) atoms. The maximum Gasteiger partial charge on any atom is 0.322 e. The average molecular weight is 401 g/mol. The molecule has 1 fully saturated rings. The maximum atomic E-state index is 14.5. The summed E-state index contributed by atoms with van der Waals surface area (Å²) in [7, 11) is 3.32. The van der Waals surface area contributed by atoms with E-state index in [4.69, 9.17) is 4.74 Å². The van der Waals surface area contributed by atoms with E-state index in [1.807, 2.05) is 25.8 Å². The lowest BCUT2D eigenvalue weighted by Crippen LogP contribution is -2.36. The predicted octanol–water partition coefficient (Wildman–Crippen LogP) is 4.58. The number of nitrogens with one attached hydrogen (secondary N) is 1. The van der Waals surface area contributed by atoms with Crippen LogP contribution in [0.15, 0.2) is 36.4 Å². The topological polar surface area (TPSA) is 65.0 Å². The number of amides is 2. The van der Waals surface area contributed by atoms with Crippen LogP contribution in [-0.4, -0.2) is 42.3 Å². The van der Waals surface area contributed by atoms with Crippen LogP contribution in [0.3, 0.4) is 0 Å². The molecule has 0 heterocycles. The third kappa shape index (κ3) is 4.91. The van der Waals surface area contributed by atoms with Gasteiger partial charge in [0, 0.05) is 31.4 Å². The largest absolute Gasteiger partial charge is 0.504 e. The van der Waals surface area contributed by atoms with Gasteiger partial charge in [-0.2, -0.15) is 0 Å². The summed E-state index contributed by atoms with van der Waals surface area (Å²) >= 11 is 0. The molecule has 1 saturated carbocycles. The Morgan fingerprint density at radius 3 is 2.59 bits per heavy atom. The van der Waals surface area contributed by atoms with Crippen molar-refractivity contribution in [2.45, 2.75) is 45.3 Å². The first kappa shape index (κ1) is 20.8. The summed E-state index contributed by atoms with van der Waals surface area (Å²) in [5.74, 6) is 0.0476. The van der Waals surface area contributed by atoms with Crippen LogP contribution in [-0.2, 0) is 6.54 Å². The SMILES string of the molecule is COc1cc(CN(C(=O)Nc2ccc(N(C)C(C)C)c(F)c2)C2CC2)ccc1O. The van der Waals surface area contributed by atoms with E-state index in [-0.39, 0.29) is 29.7 Å². The lowest BCUT2D eigenvalue weighted by atomic mass is 10.2. The van der Waals surface area contributed by atoms with Crippen molar-refractivity contribution in [3.8, 4) is 11.5 Å². The third-order valence-corrected chi connectivity index (χ3v) is 5.20. The van der Waals surface area contributed by atoms with Crippen molar-refractivity contribution in [1.29, 1.82) is 0 Å². The zero-order chi connectivity index (χ0) is 21.1. The number of hydrogen-bond acceptors (Lipinski definition) is 4. The zero-order valence-electron chi connectivity index (χ0n) is 17.3. The smallest absolute Gasteiger partial charge is 0.322 e. The van der Waals surface area contributed by atoms with Gasteiger partial charge in [0.15, 0.2) is 11.5 Å². The van der Waals surface area contributed by atoms with E-state index in [1.165, 1.54) is 13.2 Å². The molecule has 0 radical (unpaired) electrons. The van der Waals surface area contributed by atoms with Gasteiger partial charge in [-0.25, -0.2) is 9.18 Å². The number of phenols is 1. The second-order valence-corrected chi connectivity index (χ2v) is 7.67. The number of methoxy groups -OCH3 is 1. The molecule has 1 aliphatic carbocycles. The van der Waals surface area contributed by atoms with E-state index < -0.39 is 0 Å². The molecule has 156 valence electrons. The summed E-state index contributed by atoms with van der Waals surface area (Å²) < 4.78 is 19.7. The standard InChI is InChI=1S/C22H28FN3O3/c1-14(2)25(3)19-9-6-16(12-18(19)23)24-22(28)26(17-7-8-17)13-15-5-10-20(27)21(11-15)29-4/h5-6,9-12,14,17,27H,7-8,13H2,1-4H3,(H,24,28). The summed E-state index contributed by atoms with van der Waals surface area (Å²) in [6, 6.07) is 9.82. The van der Waals surface area contributed by atoms with Gasteiger partial charge in [-0.1, -0.05) is 6.07 Å². The number of halogens is 1. The minimum Gasteiger partial charge on any atom is -0.504 e. The molecule has 6 nitrogen and oxygen atoms in total. The first-order chi connectivity index (χ1) is 13.8. The Morgan fingerprint density at radius 2 is 2.00 bits per heavy atom. The van der Waals surface area contributed by atoms with Crippen LogP contribution < -0.4 is 15.0 Å². The van der Waals surface area contributed by atoms with Gasteiger partial charge in [0.05, 0.1) is 12.8 Å². The number of hydrogen-bond donors (Lipinski definition) is 2. The highest BCUT2D eigenvalue weighted by atomic mass is 19.1. The second-order valence-electron chi connectivity index (χ2n) is 7.67. The van der Waals surface area contributed by atoms with Crippen molar-refractivity contribution in [2.24, 2.45) is 0 Å². The molecule has 7 heteroatoms. The first-order valence-electron chi connectivity index (χ1n) is 9.76. The maximum absolute atomic E-state index is 14.5. The van der Waals surface area contributed by atoms with E-state index in [9.17, 15) is 14.3 Å². The molecule has 0 aromatic heterocycles. The minimum atomic E-state index is -0.375. The quantitative estimate of drug-likeness (QED) is 0.713. The van der Waals surface area contributed by atoms with E-state index >= 15 is 0 Å². The summed E-state index contributed by atoms with van der Waals surface area (Å²) in [6.07, 6.45) is 1.88. The number of aromatic hydroxyl groups is 1. The van der Waals surface area contributed by atoms with Gasteiger partial charge in [0.1, 0.15) is 5.82 Å². The number of carbonyl (C=O) groups excluding carboxylic acids is 1. The monoisotopic (exact) mass is 401 g/mol. The minimum absolute atomic E-state index is 0.0561. The van der Waals surface area contributed by atoms with Crippen molar-refractivity contribution in [3.05, 3.63) is 47.8 Å². The molecule has 0 aliphatic heterocycles. The molecule has 0 spiro atoms. The number of urea groups is 1. The number of phenolic OH excluding ortho intramolecular Hbond substituents is 1. The van der Waals surface area contributed by atoms with Crippen LogP contribution in [0.5, 0.6) is 11.5 Å². The fourth-order valence-corrected chi connectivity index (χ4v) is 3.11. The average Bonchev–Trinajstić information content (AvgIpc) is 3.51. The lowest BCUT2D eigenvalue weighted by Gasteiger charge is -2.25. The molecular weight excluding hydrogens is 373 g/mol. The van der Waals surface area contributed by atoms with Gasteiger partial charge in [-0.05, 0) is 62.6 Å². The lowest BCUT2D eigenvalue weighted by molar-refractivity contribution is 0.206. The molecule has 1 aliphatic rings. The van der Waals surface area contributed by atoms with Gasteiger partial charge in [-0.15, -0.1) is 0 Å².